The van der Waals surface area contributed by atoms with E-state index in [-0.39, 0.29) is 32.4 Å². The first-order valence-corrected chi connectivity index (χ1v) is 19.6. The lowest BCUT2D eigenvalue weighted by atomic mass is 10.0. The fraction of sp³-hybridized carbons (Fsp3) is 0.639. The number of rotatable bonds is 3. The molecule has 1 aromatic carbocycles. The van der Waals surface area contributed by atoms with Crippen LogP contribution in [0, 0.1) is 5.92 Å². The van der Waals surface area contributed by atoms with Gasteiger partial charge in [-0.3, -0.25) is 19.3 Å². The molecular weight excluding hydrogens is 728 g/mol. The van der Waals surface area contributed by atoms with E-state index < -0.39 is 75.7 Å². The topological polar surface area (TPSA) is 193 Å². The van der Waals surface area contributed by atoms with E-state index >= 15 is 0 Å². The van der Waals surface area contributed by atoms with Crippen molar-refractivity contribution in [3.8, 4) is 0 Å². The largest absolute Gasteiger partial charge is 0.444 e. The molecule has 0 radical (unpaired) electrons. The van der Waals surface area contributed by atoms with Gasteiger partial charge in [-0.1, -0.05) is 47.0 Å². The molecule has 53 heavy (non-hydrogen) atoms. The first kappa shape index (κ1) is 40.2. The smallest absolute Gasteiger partial charge is 0.410 e. The predicted molar refractivity (Wildman–Crippen MR) is 194 cm³/mol. The summed E-state index contributed by atoms with van der Waals surface area (Å²) in [6.45, 7) is 8.02. The maximum absolute atomic E-state index is 14.2. The molecule has 5 unspecified atom stereocenters. The number of fused-ring (bicyclic) bond motifs is 3. The quantitative estimate of drug-likeness (QED) is 0.378. The summed E-state index contributed by atoms with van der Waals surface area (Å²) in [7, 11) is -3.03. The van der Waals surface area contributed by atoms with Crippen LogP contribution in [0.1, 0.15) is 89.7 Å². The number of nitrogens with zero attached hydrogens (tertiary/aromatic N) is 3. The molecule has 0 bridgehead atoms. The molecule has 6 rings (SSSR count). The Bertz CT molecular complexity index is 1730. The summed E-state index contributed by atoms with van der Waals surface area (Å²) in [6.07, 6.45) is 7.15. The first-order chi connectivity index (χ1) is 25.1. The fourth-order valence-electron chi connectivity index (χ4n) is 7.08. The summed E-state index contributed by atoms with van der Waals surface area (Å²) in [5.74, 6) is -2.81. The summed E-state index contributed by atoms with van der Waals surface area (Å²) < 4.78 is 37.0. The van der Waals surface area contributed by atoms with Gasteiger partial charge >= 0.3 is 22.7 Å². The summed E-state index contributed by atoms with van der Waals surface area (Å²) in [4.78, 5) is 69.9. The molecule has 1 aliphatic carbocycles. The van der Waals surface area contributed by atoms with Gasteiger partial charge in [-0.15, -0.1) is 0 Å². The normalized spacial score (nSPS) is 27.0. The third kappa shape index (κ3) is 10.8. The van der Waals surface area contributed by atoms with Gasteiger partial charge in [0.05, 0.1) is 6.54 Å². The van der Waals surface area contributed by atoms with Crippen molar-refractivity contribution >= 4 is 52.0 Å². The Hall–Kier alpha value is -4.02. The number of amides is 5. The van der Waals surface area contributed by atoms with Crippen LogP contribution in [0.25, 0.3) is 0 Å². The minimum Gasteiger partial charge on any atom is -0.444 e. The van der Waals surface area contributed by atoms with Crippen molar-refractivity contribution in [2.45, 2.75) is 121 Å². The highest BCUT2D eigenvalue weighted by Crippen LogP contribution is 2.46. The van der Waals surface area contributed by atoms with Crippen LogP contribution in [0.2, 0.25) is 5.02 Å². The molecule has 0 aromatic heterocycles. The average Bonchev–Trinajstić information content (AvgIpc) is 3.56. The molecule has 5 amide bonds. The van der Waals surface area contributed by atoms with Gasteiger partial charge < -0.3 is 30.3 Å². The van der Waals surface area contributed by atoms with Crippen molar-refractivity contribution < 1.29 is 41.9 Å². The molecule has 17 heteroatoms. The highest BCUT2D eigenvalue weighted by atomic mass is 35.5. The lowest BCUT2D eigenvalue weighted by molar-refractivity contribution is -0.141. The van der Waals surface area contributed by atoms with Crippen LogP contribution in [0.5, 0.6) is 0 Å². The monoisotopic (exact) mass is 776 g/mol. The second-order valence-electron chi connectivity index (χ2n) is 15.1. The van der Waals surface area contributed by atoms with Crippen molar-refractivity contribution in [2.24, 2.45) is 10.3 Å². The second kappa shape index (κ2) is 17.4. The van der Waals surface area contributed by atoms with E-state index in [1.165, 1.54) is 35.7 Å². The van der Waals surface area contributed by atoms with Crippen LogP contribution in [-0.2, 0) is 47.4 Å². The molecule has 2 saturated heterocycles. The zero-order chi connectivity index (χ0) is 38.3. The minimum atomic E-state index is -3.03. The highest BCUT2D eigenvalue weighted by molar-refractivity contribution is 7.62. The van der Waals surface area contributed by atoms with Gasteiger partial charge in [-0.05, 0) is 95.6 Å². The predicted octanol–water partition coefficient (Wildman–Crippen LogP) is 4.01. The van der Waals surface area contributed by atoms with Crippen LogP contribution in [-0.4, -0.2) is 97.1 Å². The van der Waals surface area contributed by atoms with E-state index in [2.05, 4.69) is 20.3 Å². The molecule has 290 valence electrons. The number of ether oxygens (including phenoxy) is 2. The molecular formula is C36H49ClN6O9S. The van der Waals surface area contributed by atoms with Crippen LogP contribution in [0.4, 0.5) is 9.59 Å². The van der Waals surface area contributed by atoms with E-state index in [1.807, 2.05) is 12.1 Å². The summed E-state index contributed by atoms with van der Waals surface area (Å²) >= 11 is 6.12. The number of benzene rings is 1. The Morgan fingerprint density at radius 2 is 1.77 bits per heavy atom. The molecule has 1 saturated carbocycles. The molecule has 3 N–H and O–H groups in total. The first-order valence-electron chi connectivity index (χ1n) is 18.2. The van der Waals surface area contributed by atoms with Crippen molar-refractivity contribution in [2.75, 3.05) is 19.6 Å². The van der Waals surface area contributed by atoms with Crippen molar-refractivity contribution in [1.29, 1.82) is 0 Å². The molecule has 5 atom stereocenters. The molecule has 3 fully saturated rings. The minimum absolute atomic E-state index is 0.0928. The van der Waals surface area contributed by atoms with E-state index in [0.29, 0.717) is 24.4 Å². The molecule has 0 spiro atoms. The van der Waals surface area contributed by atoms with Gasteiger partial charge in [0.2, 0.25) is 11.8 Å². The number of nitrogens with one attached hydrogen (secondary N) is 3. The van der Waals surface area contributed by atoms with Crippen LogP contribution in [0.15, 0.2) is 34.7 Å². The van der Waals surface area contributed by atoms with Gasteiger partial charge in [-0.25, -0.2) is 9.59 Å². The number of hydrogen-bond donors (Lipinski definition) is 3. The molecule has 4 aliphatic heterocycles. The Morgan fingerprint density at radius 1 is 1.04 bits per heavy atom. The van der Waals surface area contributed by atoms with Gasteiger partial charge in [0, 0.05) is 30.5 Å². The van der Waals surface area contributed by atoms with Crippen LogP contribution in [0.3, 0.4) is 0 Å². The standard InChI is InChI=1S/C32H40ClN5O9S.C4H9N/c1-31(2,3)47-29(42)34-24-10-8-6-4-5-7-9-21-15-32(21,28(41)36-48(44)45)35-26(39)25-14-23(18-38(25)27(24)40)46-30(43)37-16-19-11-12-22(33)13-20(19)17-37;1-2-4-5-3-1/h7,9,11-13,21,23-25H,4-6,8,10,14-18H2,1-3H3,(H,34,42)(H,35,39);5H,1-4H2. The summed E-state index contributed by atoms with van der Waals surface area (Å²) in [6, 6.07) is 3.10. The number of carbonyl (C=O) groups excluding carboxylic acids is 5. The van der Waals surface area contributed by atoms with E-state index in [1.54, 1.807) is 39.0 Å². The van der Waals surface area contributed by atoms with Crippen molar-refractivity contribution in [3.05, 3.63) is 46.5 Å². The van der Waals surface area contributed by atoms with Crippen molar-refractivity contribution in [1.82, 2.24) is 25.8 Å². The number of hydrogen-bond acceptors (Lipinski definition) is 10. The Labute approximate surface area is 316 Å². The van der Waals surface area contributed by atoms with Gasteiger partial charge in [-0.2, -0.15) is 8.42 Å². The van der Waals surface area contributed by atoms with E-state index in [4.69, 9.17) is 21.1 Å². The lowest BCUT2D eigenvalue weighted by Crippen LogP contribution is -2.56. The Kier molecular flexibility index (Phi) is 13.2. The molecule has 5 aliphatic rings. The van der Waals surface area contributed by atoms with Crippen molar-refractivity contribution in [3.63, 3.8) is 0 Å². The molecule has 4 heterocycles. The lowest BCUT2D eigenvalue weighted by Gasteiger charge is -2.30. The van der Waals surface area contributed by atoms with Gasteiger partial charge in [0.25, 0.3) is 5.91 Å². The fourth-order valence-corrected chi connectivity index (χ4v) is 7.57. The maximum atomic E-state index is 14.2. The van der Waals surface area contributed by atoms with Gasteiger partial charge in [0.1, 0.15) is 29.3 Å². The summed E-state index contributed by atoms with van der Waals surface area (Å²) in [5.41, 5.74) is -0.603. The van der Waals surface area contributed by atoms with Crippen LogP contribution >= 0.6 is 11.6 Å². The zero-order valence-corrected chi connectivity index (χ0v) is 32.0. The number of alkyl carbamates (subject to hydrolysis) is 1. The second-order valence-corrected chi connectivity index (χ2v) is 16.2. The molecule has 15 nitrogen and oxygen atoms in total. The SMILES string of the molecule is C1CCNC1.CC(C)(C)OC(=O)NC1CCCCCC=CC2CC2(C(=O)N=S(=O)=O)NC(=O)C2CC(OC(=O)N3Cc4ccc(Cl)cc4C3)CN2C1=O. The van der Waals surface area contributed by atoms with Gasteiger partial charge in [0.15, 0.2) is 0 Å². The zero-order valence-electron chi connectivity index (χ0n) is 30.4. The highest BCUT2D eigenvalue weighted by Gasteiger charge is 2.61. The average molecular weight is 777 g/mol. The number of allylic oxidation sites excluding steroid dienone is 1. The third-order valence-electron chi connectivity index (χ3n) is 9.84. The third-order valence-corrected chi connectivity index (χ3v) is 10.4. The Morgan fingerprint density at radius 3 is 2.45 bits per heavy atom. The van der Waals surface area contributed by atoms with Crippen LogP contribution < -0.4 is 16.0 Å². The number of carbonyl (C=O) groups is 5. The Balaban J connectivity index is 0.000000998. The number of halogens is 1. The molecule has 1 aromatic rings. The van der Waals surface area contributed by atoms with E-state index in [9.17, 15) is 32.4 Å². The maximum Gasteiger partial charge on any atom is 0.410 e. The summed E-state index contributed by atoms with van der Waals surface area (Å²) in [5, 5.41) is 9.12. The van der Waals surface area contributed by atoms with E-state index in [0.717, 1.165) is 24.0 Å².